The first kappa shape index (κ1) is 12.8. The van der Waals surface area contributed by atoms with Crippen LogP contribution in [0.3, 0.4) is 0 Å². The maximum absolute atomic E-state index is 11.8. The molecule has 0 unspecified atom stereocenters. The fraction of sp³-hybridized carbons (Fsp3) is 0.273. The lowest BCUT2D eigenvalue weighted by molar-refractivity contribution is -0.141. The minimum atomic E-state index is -0.551. The van der Waals surface area contributed by atoms with Gasteiger partial charge in [-0.05, 0) is 12.1 Å². The summed E-state index contributed by atoms with van der Waals surface area (Å²) in [6.45, 7) is -0.203. The summed E-state index contributed by atoms with van der Waals surface area (Å²) in [5.74, 6) is -1.49. The van der Waals surface area contributed by atoms with Crippen LogP contribution in [0.2, 0.25) is 0 Å². The largest absolute Gasteiger partial charge is 0.508 e. The first-order chi connectivity index (χ1) is 7.93. The predicted molar refractivity (Wildman–Crippen MR) is 58.7 cm³/mol. The Kier molecular flexibility index (Phi) is 3.92. The summed E-state index contributed by atoms with van der Waals surface area (Å²) in [7, 11) is 2.64. The van der Waals surface area contributed by atoms with E-state index in [9.17, 15) is 19.8 Å². The van der Waals surface area contributed by atoms with E-state index in [1.807, 2.05) is 0 Å². The zero-order valence-electron chi connectivity index (χ0n) is 9.51. The molecule has 1 aromatic carbocycles. The Hall–Kier alpha value is -2.24. The highest BCUT2D eigenvalue weighted by molar-refractivity contribution is 5.96. The second kappa shape index (κ2) is 5.20. The minimum absolute atomic E-state index is 0.0916. The number of carbonyl (C=O) groups excluding carboxylic acids is 2. The second-order valence-electron chi connectivity index (χ2n) is 3.48. The number of rotatable bonds is 3. The van der Waals surface area contributed by atoms with Crippen LogP contribution < -0.4 is 0 Å². The van der Waals surface area contributed by atoms with Gasteiger partial charge in [0.05, 0.1) is 7.11 Å². The highest BCUT2D eigenvalue weighted by Gasteiger charge is 2.16. The molecule has 0 fully saturated rings. The number of likely N-dealkylation sites (N-methyl/N-ethyl adjacent to an activating group) is 1. The van der Waals surface area contributed by atoms with Crippen LogP contribution in [0.25, 0.3) is 0 Å². The molecule has 0 bridgehead atoms. The summed E-state index contributed by atoms with van der Waals surface area (Å²) in [6, 6.07) is 3.52. The van der Waals surface area contributed by atoms with Crippen molar-refractivity contribution in [1.29, 1.82) is 0 Å². The van der Waals surface area contributed by atoms with Gasteiger partial charge in [-0.1, -0.05) is 0 Å². The summed E-state index contributed by atoms with van der Waals surface area (Å²) < 4.78 is 4.42. The number of phenolic OH excluding ortho intramolecular Hbond substituents is 2. The number of benzene rings is 1. The summed E-state index contributed by atoms with van der Waals surface area (Å²) >= 11 is 0. The van der Waals surface area contributed by atoms with Gasteiger partial charge in [0, 0.05) is 18.7 Å². The molecule has 6 nitrogen and oxygen atoms in total. The number of amides is 1. The number of hydrogen-bond acceptors (Lipinski definition) is 5. The van der Waals surface area contributed by atoms with E-state index in [1.165, 1.54) is 26.3 Å². The molecule has 1 aromatic rings. The average Bonchev–Trinajstić information content (AvgIpc) is 2.26. The molecular formula is C11H13NO5. The lowest BCUT2D eigenvalue weighted by Gasteiger charge is -2.15. The van der Waals surface area contributed by atoms with Gasteiger partial charge >= 0.3 is 5.97 Å². The standard InChI is InChI=1S/C11H13NO5/c1-12(6-10(15)17-2)11(16)7-3-8(13)5-9(14)4-7/h3-5,13-14H,6H2,1-2H3. The molecule has 2 N–H and O–H groups in total. The number of phenols is 2. The van der Waals surface area contributed by atoms with Crippen molar-refractivity contribution in [2.75, 3.05) is 20.7 Å². The third kappa shape index (κ3) is 3.37. The molecule has 0 aromatic heterocycles. The van der Waals surface area contributed by atoms with Gasteiger partial charge in [-0.2, -0.15) is 0 Å². The van der Waals surface area contributed by atoms with E-state index in [0.29, 0.717) is 0 Å². The van der Waals surface area contributed by atoms with Crippen molar-refractivity contribution in [3.05, 3.63) is 23.8 Å². The Bertz CT molecular complexity index is 423. The van der Waals surface area contributed by atoms with Crippen molar-refractivity contribution >= 4 is 11.9 Å². The second-order valence-corrected chi connectivity index (χ2v) is 3.48. The molecule has 0 saturated heterocycles. The van der Waals surface area contributed by atoms with E-state index in [4.69, 9.17) is 0 Å². The highest BCUT2D eigenvalue weighted by atomic mass is 16.5. The van der Waals surface area contributed by atoms with Gasteiger partial charge in [0.2, 0.25) is 0 Å². The molecule has 6 heteroatoms. The van der Waals surface area contributed by atoms with Crippen molar-refractivity contribution in [3.63, 3.8) is 0 Å². The molecule has 0 saturated carbocycles. The number of hydrogen-bond donors (Lipinski definition) is 2. The summed E-state index contributed by atoms with van der Waals surface area (Å²) in [6.07, 6.45) is 0. The van der Waals surface area contributed by atoms with Crippen LogP contribution in [0.5, 0.6) is 11.5 Å². The van der Waals surface area contributed by atoms with Crippen molar-refractivity contribution in [2.24, 2.45) is 0 Å². The number of methoxy groups -OCH3 is 1. The van der Waals surface area contributed by atoms with Crippen LogP contribution in [0.4, 0.5) is 0 Å². The van der Waals surface area contributed by atoms with Gasteiger partial charge in [0.1, 0.15) is 18.0 Å². The SMILES string of the molecule is COC(=O)CN(C)C(=O)c1cc(O)cc(O)c1. The van der Waals surface area contributed by atoms with Gasteiger partial charge in [0.25, 0.3) is 5.91 Å². The maximum Gasteiger partial charge on any atom is 0.325 e. The molecule has 0 heterocycles. The number of esters is 1. The lowest BCUT2D eigenvalue weighted by Crippen LogP contribution is -2.32. The Labute approximate surface area is 98.0 Å². The van der Waals surface area contributed by atoms with Gasteiger partial charge in [-0.15, -0.1) is 0 Å². The van der Waals surface area contributed by atoms with Crippen molar-refractivity contribution < 1.29 is 24.5 Å². The molecule has 0 aliphatic heterocycles. The van der Waals surface area contributed by atoms with E-state index in [-0.39, 0.29) is 23.6 Å². The predicted octanol–water partition coefficient (Wildman–Crippen LogP) is 0.343. The van der Waals surface area contributed by atoms with Gasteiger partial charge < -0.3 is 19.8 Å². The van der Waals surface area contributed by atoms with E-state index in [0.717, 1.165) is 11.0 Å². The summed E-state index contributed by atoms with van der Waals surface area (Å²) in [5.41, 5.74) is 0.0916. The fourth-order valence-corrected chi connectivity index (χ4v) is 1.27. The third-order valence-corrected chi connectivity index (χ3v) is 2.09. The molecule has 17 heavy (non-hydrogen) atoms. The fourth-order valence-electron chi connectivity index (χ4n) is 1.27. The van der Waals surface area contributed by atoms with Crippen molar-refractivity contribution in [2.45, 2.75) is 0 Å². The molecular weight excluding hydrogens is 226 g/mol. The lowest BCUT2D eigenvalue weighted by atomic mass is 10.2. The van der Waals surface area contributed by atoms with Gasteiger partial charge in [-0.25, -0.2) is 0 Å². The Morgan fingerprint density at radius 1 is 1.24 bits per heavy atom. The number of aromatic hydroxyl groups is 2. The smallest absolute Gasteiger partial charge is 0.325 e. The highest BCUT2D eigenvalue weighted by Crippen LogP contribution is 2.21. The first-order valence-corrected chi connectivity index (χ1v) is 4.79. The summed E-state index contributed by atoms with van der Waals surface area (Å²) in [5, 5.41) is 18.5. The van der Waals surface area contributed by atoms with Crippen LogP contribution in [-0.2, 0) is 9.53 Å². The Morgan fingerprint density at radius 3 is 2.24 bits per heavy atom. The van der Waals surface area contributed by atoms with Gasteiger partial charge in [0.15, 0.2) is 0 Å². The molecule has 1 rings (SSSR count). The molecule has 0 radical (unpaired) electrons. The molecule has 92 valence electrons. The minimum Gasteiger partial charge on any atom is -0.508 e. The van der Waals surface area contributed by atoms with Crippen LogP contribution in [0.1, 0.15) is 10.4 Å². The van der Waals surface area contributed by atoms with E-state index in [1.54, 1.807) is 0 Å². The van der Waals surface area contributed by atoms with Crippen LogP contribution >= 0.6 is 0 Å². The van der Waals surface area contributed by atoms with Crippen LogP contribution in [0, 0.1) is 0 Å². The topological polar surface area (TPSA) is 87.1 Å². The number of ether oxygens (including phenoxy) is 1. The molecule has 0 aliphatic rings. The third-order valence-electron chi connectivity index (χ3n) is 2.09. The molecule has 0 aliphatic carbocycles. The molecule has 0 spiro atoms. The van der Waals surface area contributed by atoms with E-state index in [2.05, 4.69) is 4.74 Å². The van der Waals surface area contributed by atoms with Crippen molar-refractivity contribution in [3.8, 4) is 11.5 Å². The normalized spacial score (nSPS) is 9.76. The number of carbonyl (C=O) groups is 2. The molecule has 0 atom stereocenters. The van der Waals surface area contributed by atoms with Gasteiger partial charge in [-0.3, -0.25) is 9.59 Å². The average molecular weight is 239 g/mol. The summed E-state index contributed by atoms with van der Waals surface area (Å²) in [4.78, 5) is 23.9. The zero-order chi connectivity index (χ0) is 13.0. The van der Waals surface area contributed by atoms with E-state index < -0.39 is 11.9 Å². The zero-order valence-corrected chi connectivity index (χ0v) is 9.51. The Morgan fingerprint density at radius 2 is 1.76 bits per heavy atom. The monoisotopic (exact) mass is 239 g/mol. The maximum atomic E-state index is 11.8. The Balaban J connectivity index is 2.85. The first-order valence-electron chi connectivity index (χ1n) is 4.79. The van der Waals surface area contributed by atoms with E-state index >= 15 is 0 Å². The molecule has 1 amide bonds. The van der Waals surface area contributed by atoms with Crippen molar-refractivity contribution in [1.82, 2.24) is 4.90 Å². The quantitative estimate of drug-likeness (QED) is 0.743. The van der Waals surface area contributed by atoms with Crippen LogP contribution in [0.15, 0.2) is 18.2 Å². The number of nitrogens with zero attached hydrogens (tertiary/aromatic N) is 1. The van der Waals surface area contributed by atoms with Crippen LogP contribution in [-0.4, -0.2) is 47.7 Å².